The van der Waals surface area contributed by atoms with Gasteiger partial charge in [0.1, 0.15) is 0 Å². The molecule has 1 aliphatic rings. The lowest BCUT2D eigenvalue weighted by Crippen LogP contribution is -2.06. The molecule has 17 heavy (non-hydrogen) atoms. The number of aromatic nitrogens is 2. The molecule has 0 radical (unpaired) electrons. The van der Waals surface area contributed by atoms with Crippen molar-refractivity contribution < 1.29 is 4.52 Å². The minimum atomic E-state index is -1.63. The summed E-state index contributed by atoms with van der Waals surface area (Å²) in [5.41, 5.74) is 0. The van der Waals surface area contributed by atoms with E-state index < -0.39 is 3.79 Å². The first-order chi connectivity index (χ1) is 7.91. The van der Waals surface area contributed by atoms with Crippen LogP contribution in [0.15, 0.2) is 4.52 Å². The summed E-state index contributed by atoms with van der Waals surface area (Å²) in [7, 11) is 0. The first-order valence-electron chi connectivity index (χ1n) is 5.82. The van der Waals surface area contributed by atoms with Crippen LogP contribution in [0.1, 0.15) is 50.7 Å². The minimum Gasteiger partial charge on any atom is -0.335 e. The average molecular weight is 298 g/mol. The van der Waals surface area contributed by atoms with Gasteiger partial charge in [-0.3, -0.25) is 0 Å². The standard InChI is InChI=1S/C11H15Cl3N2O/c1-3-7-4-6(2)8(5-7)9-15-10(17-16-9)11(12,13)14/h6-8H,3-5H2,1-2H3/t6-,7+,8?/m0/s1. The first kappa shape index (κ1) is 13.4. The lowest BCUT2D eigenvalue weighted by atomic mass is 9.98. The van der Waals surface area contributed by atoms with Crippen LogP contribution in [0.25, 0.3) is 0 Å². The van der Waals surface area contributed by atoms with Crippen molar-refractivity contribution in [3.05, 3.63) is 11.7 Å². The molecule has 1 fully saturated rings. The normalized spacial score (nSPS) is 29.8. The average Bonchev–Trinajstić information content (AvgIpc) is 2.82. The van der Waals surface area contributed by atoms with Crippen LogP contribution < -0.4 is 0 Å². The number of nitrogens with zero attached hydrogens (tertiary/aromatic N) is 2. The van der Waals surface area contributed by atoms with E-state index in [1.165, 1.54) is 12.8 Å². The van der Waals surface area contributed by atoms with E-state index >= 15 is 0 Å². The van der Waals surface area contributed by atoms with Gasteiger partial charge in [-0.15, -0.1) is 0 Å². The fraction of sp³-hybridized carbons (Fsp3) is 0.818. The van der Waals surface area contributed by atoms with E-state index in [-0.39, 0.29) is 5.89 Å². The maximum absolute atomic E-state index is 5.71. The minimum absolute atomic E-state index is 0.0599. The molecule has 96 valence electrons. The van der Waals surface area contributed by atoms with E-state index in [2.05, 4.69) is 24.0 Å². The van der Waals surface area contributed by atoms with Gasteiger partial charge >= 0.3 is 0 Å². The summed E-state index contributed by atoms with van der Waals surface area (Å²) < 4.78 is 3.37. The van der Waals surface area contributed by atoms with Crippen molar-refractivity contribution in [3.63, 3.8) is 0 Å². The number of hydrogen-bond acceptors (Lipinski definition) is 3. The van der Waals surface area contributed by atoms with Crippen molar-refractivity contribution in [1.29, 1.82) is 0 Å². The van der Waals surface area contributed by atoms with Crippen LogP contribution in [0.2, 0.25) is 0 Å². The highest BCUT2D eigenvalue weighted by Crippen LogP contribution is 2.44. The Balaban J connectivity index is 2.16. The predicted octanol–water partition coefficient (Wildman–Crippen LogP) is 4.44. The Kier molecular flexibility index (Phi) is 3.91. The van der Waals surface area contributed by atoms with Gasteiger partial charge in [-0.05, 0) is 24.7 Å². The molecule has 0 N–H and O–H groups in total. The zero-order chi connectivity index (χ0) is 12.6. The Labute approximate surface area is 116 Å². The van der Waals surface area contributed by atoms with Crippen molar-refractivity contribution in [2.24, 2.45) is 11.8 Å². The van der Waals surface area contributed by atoms with Crippen molar-refractivity contribution in [2.75, 3.05) is 0 Å². The van der Waals surface area contributed by atoms with Crippen LogP contribution in [0, 0.1) is 11.8 Å². The first-order valence-corrected chi connectivity index (χ1v) is 6.96. The molecule has 0 amide bonds. The highest BCUT2D eigenvalue weighted by atomic mass is 35.6. The predicted molar refractivity (Wildman–Crippen MR) is 68.5 cm³/mol. The summed E-state index contributed by atoms with van der Waals surface area (Å²) in [6.07, 6.45) is 3.49. The Morgan fingerprint density at radius 3 is 2.53 bits per heavy atom. The smallest absolute Gasteiger partial charge is 0.278 e. The lowest BCUT2D eigenvalue weighted by Gasteiger charge is -2.09. The molecule has 0 saturated heterocycles. The molecular formula is C11H15Cl3N2O. The SMILES string of the molecule is CC[C@H]1CC(c2noc(C(Cl)(Cl)Cl)n2)[C@@H](C)C1. The van der Waals surface area contributed by atoms with Crippen molar-refractivity contribution in [2.45, 2.75) is 42.8 Å². The van der Waals surface area contributed by atoms with E-state index in [1.54, 1.807) is 0 Å². The number of halogens is 3. The summed E-state index contributed by atoms with van der Waals surface area (Å²) in [5, 5.41) is 3.94. The third-order valence-corrected chi connectivity index (χ3v) is 4.06. The van der Waals surface area contributed by atoms with Gasteiger partial charge in [-0.1, -0.05) is 60.2 Å². The molecule has 6 heteroatoms. The second-order valence-electron chi connectivity index (χ2n) is 4.78. The van der Waals surface area contributed by atoms with Crippen LogP contribution in [0.4, 0.5) is 0 Å². The molecule has 1 unspecified atom stereocenters. The van der Waals surface area contributed by atoms with Gasteiger partial charge in [0.2, 0.25) is 0 Å². The zero-order valence-electron chi connectivity index (χ0n) is 9.79. The van der Waals surface area contributed by atoms with Gasteiger partial charge < -0.3 is 4.52 Å². The van der Waals surface area contributed by atoms with Crippen LogP contribution in [0.3, 0.4) is 0 Å². The molecule has 1 aromatic heterocycles. The maximum Gasteiger partial charge on any atom is 0.278 e. The topological polar surface area (TPSA) is 38.9 Å². The van der Waals surface area contributed by atoms with Crippen LogP contribution in [-0.4, -0.2) is 10.1 Å². The number of rotatable bonds is 2. The van der Waals surface area contributed by atoms with Gasteiger partial charge in [0, 0.05) is 5.92 Å². The van der Waals surface area contributed by atoms with Gasteiger partial charge in [-0.2, -0.15) is 4.98 Å². The third kappa shape index (κ3) is 2.88. The summed E-state index contributed by atoms with van der Waals surface area (Å²) >= 11 is 17.1. The fourth-order valence-corrected chi connectivity index (χ4v) is 2.80. The molecule has 0 bridgehead atoms. The molecule has 2 rings (SSSR count). The molecule has 0 aromatic carbocycles. The van der Waals surface area contributed by atoms with Crippen molar-refractivity contribution >= 4 is 34.8 Å². The molecule has 3 nitrogen and oxygen atoms in total. The van der Waals surface area contributed by atoms with Crippen LogP contribution in [0.5, 0.6) is 0 Å². The highest BCUT2D eigenvalue weighted by Gasteiger charge is 2.37. The number of hydrogen-bond donors (Lipinski definition) is 0. The molecule has 1 heterocycles. The zero-order valence-corrected chi connectivity index (χ0v) is 12.1. The van der Waals surface area contributed by atoms with E-state index in [9.17, 15) is 0 Å². The fourth-order valence-electron chi connectivity index (χ4n) is 2.57. The Hall–Kier alpha value is 0.01000. The Morgan fingerprint density at radius 2 is 2.06 bits per heavy atom. The van der Waals surface area contributed by atoms with Crippen LogP contribution >= 0.6 is 34.8 Å². The van der Waals surface area contributed by atoms with Gasteiger partial charge in [0.15, 0.2) is 5.82 Å². The van der Waals surface area contributed by atoms with E-state index in [1.807, 2.05) is 0 Å². The van der Waals surface area contributed by atoms with Gasteiger partial charge in [-0.25, -0.2) is 0 Å². The quantitative estimate of drug-likeness (QED) is 0.758. The number of alkyl halides is 3. The van der Waals surface area contributed by atoms with E-state index in [4.69, 9.17) is 39.3 Å². The second-order valence-corrected chi connectivity index (χ2v) is 7.07. The Bertz CT molecular complexity index is 388. The molecule has 0 aliphatic heterocycles. The van der Waals surface area contributed by atoms with Gasteiger partial charge in [0.05, 0.1) is 0 Å². The molecule has 1 aliphatic carbocycles. The Morgan fingerprint density at radius 1 is 1.35 bits per heavy atom. The summed E-state index contributed by atoms with van der Waals surface area (Å²) in [6, 6.07) is 0. The van der Waals surface area contributed by atoms with Gasteiger partial charge in [0.25, 0.3) is 9.68 Å². The molecule has 1 aromatic rings. The van der Waals surface area contributed by atoms with Crippen molar-refractivity contribution in [3.8, 4) is 0 Å². The summed E-state index contributed by atoms with van der Waals surface area (Å²) in [5.74, 6) is 2.36. The lowest BCUT2D eigenvalue weighted by molar-refractivity contribution is 0.368. The second kappa shape index (κ2) is 4.94. The maximum atomic E-state index is 5.71. The molecule has 0 spiro atoms. The summed E-state index contributed by atoms with van der Waals surface area (Å²) in [6.45, 7) is 4.43. The van der Waals surface area contributed by atoms with Crippen LogP contribution in [-0.2, 0) is 3.79 Å². The molecule has 3 atom stereocenters. The molecular weight excluding hydrogens is 282 g/mol. The largest absolute Gasteiger partial charge is 0.335 e. The third-order valence-electron chi connectivity index (χ3n) is 3.57. The van der Waals surface area contributed by atoms with E-state index in [0.29, 0.717) is 17.7 Å². The molecule has 1 saturated carbocycles. The van der Waals surface area contributed by atoms with Crippen molar-refractivity contribution in [1.82, 2.24) is 10.1 Å². The van der Waals surface area contributed by atoms with E-state index in [0.717, 1.165) is 12.3 Å². The monoisotopic (exact) mass is 296 g/mol. The highest BCUT2D eigenvalue weighted by molar-refractivity contribution is 6.66. The summed E-state index contributed by atoms with van der Waals surface area (Å²) in [4.78, 5) is 4.21.